The highest BCUT2D eigenvalue weighted by Crippen LogP contribution is 1.97. The zero-order chi connectivity index (χ0) is 9.84. The molecule has 0 spiro atoms. The van der Waals surface area contributed by atoms with Crippen LogP contribution in [0, 0.1) is 0 Å². The summed E-state index contributed by atoms with van der Waals surface area (Å²) in [6.45, 7) is 0. The number of aryl methyl sites for hydroxylation is 3. The molecule has 1 heterocycles. The molecule has 0 aliphatic rings. The van der Waals surface area contributed by atoms with E-state index in [1.54, 1.807) is 0 Å². The molecule has 0 saturated carbocycles. The van der Waals surface area contributed by atoms with Crippen LogP contribution in [-0.2, 0) is 30.0 Å². The largest absolute Gasteiger partial charge is 1.00 e. The maximum Gasteiger partial charge on any atom is 0.305 e. The van der Waals surface area contributed by atoms with E-state index in [0.717, 1.165) is 12.1 Å². The van der Waals surface area contributed by atoms with Crippen LogP contribution < -0.4 is 28.5 Å². The summed E-state index contributed by atoms with van der Waals surface area (Å²) in [7, 11) is 5.33. The normalized spacial score (nSPS) is 9.36. The van der Waals surface area contributed by atoms with Crippen LogP contribution in [0.15, 0.2) is 12.5 Å². The molecule has 0 atom stereocenters. The number of methoxy groups -OCH3 is 1. The minimum absolute atomic E-state index is 0. The first-order chi connectivity index (χ1) is 6.13. The molecule has 14 heavy (non-hydrogen) atoms. The van der Waals surface area contributed by atoms with Crippen molar-refractivity contribution in [3.05, 3.63) is 18.2 Å². The molecule has 1 rings (SSSR count). The van der Waals surface area contributed by atoms with Crippen LogP contribution in [0.2, 0.25) is 0 Å². The second-order valence-corrected chi connectivity index (χ2v) is 3.09. The summed E-state index contributed by atoms with van der Waals surface area (Å²) in [5.74, 6) is -0.163. The van der Waals surface area contributed by atoms with Crippen molar-refractivity contribution in [1.29, 1.82) is 0 Å². The number of hydrogen-bond donors (Lipinski definition) is 0. The number of esters is 1. The van der Waals surface area contributed by atoms with Gasteiger partial charge in [0.15, 0.2) is 0 Å². The highest BCUT2D eigenvalue weighted by molar-refractivity contribution is 5.69. The third kappa shape index (κ3) is 3.65. The van der Waals surface area contributed by atoms with Gasteiger partial charge in [-0.05, 0) is 0 Å². The summed E-state index contributed by atoms with van der Waals surface area (Å²) in [5, 5.41) is 0. The van der Waals surface area contributed by atoms with E-state index >= 15 is 0 Å². The molecular weight excluding hydrogens is 295 g/mol. The van der Waals surface area contributed by atoms with E-state index in [1.165, 1.54) is 7.11 Å². The van der Waals surface area contributed by atoms with E-state index in [4.69, 9.17) is 0 Å². The van der Waals surface area contributed by atoms with Gasteiger partial charge in [-0.3, -0.25) is 4.79 Å². The van der Waals surface area contributed by atoms with Crippen molar-refractivity contribution >= 4 is 5.97 Å². The number of halogens is 1. The third-order valence-corrected chi connectivity index (χ3v) is 1.97. The molecule has 0 radical (unpaired) electrons. The minimum atomic E-state index is -0.163. The Morgan fingerprint density at radius 1 is 1.64 bits per heavy atom. The lowest BCUT2D eigenvalue weighted by Gasteiger charge is -1.95. The molecule has 0 N–H and O–H groups in total. The fourth-order valence-electron chi connectivity index (χ4n) is 1.28. The fourth-order valence-corrected chi connectivity index (χ4v) is 1.28. The van der Waals surface area contributed by atoms with Crippen LogP contribution in [-0.4, -0.2) is 17.6 Å². The van der Waals surface area contributed by atoms with Crippen LogP contribution in [0.1, 0.15) is 12.1 Å². The molecule has 0 aliphatic carbocycles. The summed E-state index contributed by atoms with van der Waals surface area (Å²) in [6, 6.07) is 0. The third-order valence-electron chi connectivity index (χ3n) is 1.97. The number of hydrogen-bond acceptors (Lipinski definition) is 2. The Kier molecular flexibility index (Phi) is 5.75. The molecule has 1 aromatic rings. The molecule has 0 fully saturated rings. The summed E-state index contributed by atoms with van der Waals surface area (Å²) in [5.41, 5.74) is 1.13. The Labute approximate surface area is 101 Å². The first-order valence-corrected chi connectivity index (χ1v) is 4.20. The van der Waals surface area contributed by atoms with Gasteiger partial charge in [-0.2, -0.15) is 0 Å². The average molecular weight is 310 g/mol. The maximum atomic E-state index is 10.9. The van der Waals surface area contributed by atoms with Crippen molar-refractivity contribution in [1.82, 2.24) is 4.57 Å². The van der Waals surface area contributed by atoms with Gasteiger partial charge in [-0.25, -0.2) is 9.13 Å². The molecule has 4 nitrogen and oxygen atoms in total. The average Bonchev–Trinajstić information content (AvgIpc) is 2.41. The minimum Gasteiger partial charge on any atom is -1.00 e. The van der Waals surface area contributed by atoms with Crippen LogP contribution in [0.5, 0.6) is 0 Å². The van der Waals surface area contributed by atoms with E-state index in [1.807, 2.05) is 35.8 Å². The number of ether oxygens (including phenoxy) is 1. The standard InChI is InChI=1S/C9H15N2O2.HI/c1-10-6-8(11(2)7-10)4-5-9(12)13-3;/h6-7H,4-5H2,1-3H3;1H/q+1;/p-1. The molecule has 1 aromatic heterocycles. The number of rotatable bonds is 3. The van der Waals surface area contributed by atoms with E-state index in [-0.39, 0.29) is 29.9 Å². The van der Waals surface area contributed by atoms with Gasteiger partial charge >= 0.3 is 5.97 Å². The van der Waals surface area contributed by atoms with Gasteiger partial charge < -0.3 is 28.7 Å². The number of carbonyl (C=O) groups is 1. The Bertz CT molecular complexity index is 310. The van der Waals surface area contributed by atoms with Crippen molar-refractivity contribution in [2.45, 2.75) is 12.8 Å². The molecular formula is C9H15IN2O2. The van der Waals surface area contributed by atoms with Gasteiger partial charge in [0, 0.05) is 6.42 Å². The topological polar surface area (TPSA) is 35.1 Å². The number of aromatic nitrogens is 2. The predicted molar refractivity (Wildman–Crippen MR) is 46.9 cm³/mol. The molecule has 0 bridgehead atoms. The van der Waals surface area contributed by atoms with Crippen molar-refractivity contribution < 1.29 is 38.1 Å². The van der Waals surface area contributed by atoms with Crippen molar-refractivity contribution in [2.24, 2.45) is 14.1 Å². The van der Waals surface area contributed by atoms with Gasteiger partial charge in [0.1, 0.15) is 11.9 Å². The molecule has 80 valence electrons. The molecule has 0 aromatic carbocycles. The fraction of sp³-hybridized carbons (Fsp3) is 0.556. The lowest BCUT2D eigenvalue weighted by molar-refractivity contribution is -0.678. The van der Waals surface area contributed by atoms with E-state index in [0.29, 0.717) is 6.42 Å². The first kappa shape index (κ1) is 13.4. The highest BCUT2D eigenvalue weighted by atomic mass is 127. The van der Waals surface area contributed by atoms with Gasteiger partial charge in [-0.1, -0.05) is 0 Å². The Balaban J connectivity index is 0.00000169. The highest BCUT2D eigenvalue weighted by Gasteiger charge is 2.09. The summed E-state index contributed by atoms with van der Waals surface area (Å²) >= 11 is 0. The van der Waals surface area contributed by atoms with Crippen LogP contribution in [0.25, 0.3) is 0 Å². The van der Waals surface area contributed by atoms with Gasteiger partial charge in [0.2, 0.25) is 6.33 Å². The quantitative estimate of drug-likeness (QED) is 0.338. The zero-order valence-electron chi connectivity index (χ0n) is 8.66. The predicted octanol–water partition coefficient (Wildman–Crippen LogP) is -3.04. The first-order valence-electron chi connectivity index (χ1n) is 4.20. The van der Waals surface area contributed by atoms with E-state index in [9.17, 15) is 4.79 Å². The molecule has 0 amide bonds. The van der Waals surface area contributed by atoms with Crippen molar-refractivity contribution in [3.63, 3.8) is 0 Å². The summed E-state index contributed by atoms with van der Waals surface area (Å²) in [4.78, 5) is 10.9. The monoisotopic (exact) mass is 310 g/mol. The Morgan fingerprint density at radius 3 is 2.71 bits per heavy atom. The number of imidazole rings is 1. The number of nitrogens with zero attached hydrogens (tertiary/aromatic N) is 2. The zero-order valence-corrected chi connectivity index (χ0v) is 10.8. The SMILES string of the molecule is COC(=O)CCc1cn(C)c[n+]1C.[I-]. The molecule has 0 aliphatic heterocycles. The Morgan fingerprint density at radius 2 is 2.29 bits per heavy atom. The lowest BCUT2D eigenvalue weighted by atomic mass is 10.2. The smallest absolute Gasteiger partial charge is 0.305 e. The number of carbonyl (C=O) groups excluding carboxylic acids is 1. The summed E-state index contributed by atoms with van der Waals surface area (Å²) < 4.78 is 8.53. The van der Waals surface area contributed by atoms with Crippen LogP contribution in [0.3, 0.4) is 0 Å². The van der Waals surface area contributed by atoms with Gasteiger partial charge in [0.05, 0.1) is 27.6 Å². The van der Waals surface area contributed by atoms with Crippen molar-refractivity contribution in [2.75, 3.05) is 7.11 Å². The van der Waals surface area contributed by atoms with Gasteiger partial charge in [-0.15, -0.1) is 0 Å². The summed E-state index contributed by atoms with van der Waals surface area (Å²) in [6.07, 6.45) is 5.13. The van der Waals surface area contributed by atoms with Crippen LogP contribution >= 0.6 is 0 Å². The lowest BCUT2D eigenvalue weighted by Crippen LogP contribution is -3.00. The van der Waals surface area contributed by atoms with Gasteiger partial charge in [0.25, 0.3) is 0 Å². The second-order valence-electron chi connectivity index (χ2n) is 3.09. The van der Waals surface area contributed by atoms with E-state index < -0.39 is 0 Å². The van der Waals surface area contributed by atoms with Crippen LogP contribution in [0.4, 0.5) is 0 Å². The molecule has 5 heteroatoms. The Hall–Kier alpha value is -0.590. The van der Waals surface area contributed by atoms with E-state index in [2.05, 4.69) is 4.74 Å². The second kappa shape index (κ2) is 6.00. The molecule has 0 unspecified atom stereocenters. The van der Waals surface area contributed by atoms with Crippen molar-refractivity contribution in [3.8, 4) is 0 Å². The molecule has 0 saturated heterocycles. The maximum absolute atomic E-state index is 10.9.